The van der Waals surface area contributed by atoms with Crippen molar-refractivity contribution in [2.45, 2.75) is 354 Å². The van der Waals surface area contributed by atoms with Crippen molar-refractivity contribution in [3.63, 3.8) is 0 Å². The van der Waals surface area contributed by atoms with Crippen LogP contribution in [0.25, 0.3) is 0 Å². The molecule has 0 atom stereocenters. The number of ether oxygens (including phenoxy) is 5. The van der Waals surface area contributed by atoms with E-state index in [9.17, 15) is 0 Å². The van der Waals surface area contributed by atoms with Crippen LogP contribution in [0.3, 0.4) is 0 Å². The highest BCUT2D eigenvalue weighted by atomic mass is 32.1. The van der Waals surface area contributed by atoms with Crippen LogP contribution in [-0.2, 0) is 14.2 Å². The van der Waals surface area contributed by atoms with Gasteiger partial charge < -0.3 is 39.6 Å². The Labute approximate surface area is 617 Å². The lowest BCUT2D eigenvalue weighted by atomic mass is 10.2. The molecule has 1 aromatic heterocycles. The average Bonchev–Trinajstić information content (AvgIpc) is 1.85. The van der Waals surface area contributed by atoms with Crippen molar-refractivity contribution in [1.82, 2.24) is 16.0 Å². The standard InChI is InChI=1S/C7H6O2.2C5H11N.C5H10O.C5H6.C4H9NO.C4H8O.C4H4S.8C4H10.8C2H6/c1-2-4-7-6(3-1)8-5-9-7;3*1-2-4-6-5-3-1;1-2-4-5-3-1;1-3-6-4-2-5-1;2*1-2-4-5-3-1;8*1-4(2)3;8*1-2/h1-4H,5H2;2*6H,1-5H2;1-5H2;1-4H,5H2;5H,1-4H2;1-4H2;1-4H;8*4H,1-3H3;8*1-2H3. The van der Waals surface area contributed by atoms with E-state index in [0.29, 0.717) is 6.79 Å². The number of nitrogens with one attached hydrogen (secondary N) is 3. The first kappa shape index (κ1) is 130. The van der Waals surface area contributed by atoms with Crippen LogP contribution in [0, 0.1) is 47.3 Å². The molecule has 592 valence electrons. The Morgan fingerprint density at radius 2 is 0.479 bits per heavy atom. The van der Waals surface area contributed by atoms with Gasteiger partial charge in [-0.2, -0.15) is 11.3 Å². The van der Waals surface area contributed by atoms with Crippen molar-refractivity contribution in [1.29, 1.82) is 0 Å². The summed E-state index contributed by atoms with van der Waals surface area (Å²) < 4.78 is 25.2. The van der Waals surface area contributed by atoms with E-state index in [-0.39, 0.29) is 0 Å². The van der Waals surface area contributed by atoms with E-state index in [1.165, 1.54) is 96.8 Å². The summed E-state index contributed by atoms with van der Waals surface area (Å²) in [4.78, 5) is 0. The first-order valence-corrected chi connectivity index (χ1v) is 41.3. The SMILES string of the molecule is C1=CCC=C1.C1CCNCC1.C1CCNCC1.C1CCOC1.C1CCOCC1.C1COCCN1.CC.CC.CC.CC.CC.CC.CC.CC.CC(C)C.CC(C)C.CC(C)C.CC(C)C.CC(C)C.CC(C)C.CC(C)C.CC(C)C.c1ccc2c(c1)OCO2.c1ccsc1. The lowest BCUT2D eigenvalue weighted by Gasteiger charge is -2.10. The molecule has 1 aliphatic carbocycles. The highest BCUT2D eigenvalue weighted by molar-refractivity contribution is 7.07. The Balaban J connectivity index is -0.0000000556. The largest absolute Gasteiger partial charge is 0.454 e. The van der Waals surface area contributed by atoms with Gasteiger partial charge >= 0.3 is 0 Å². The minimum Gasteiger partial charge on any atom is -0.454 e. The molecule has 8 nitrogen and oxygen atoms in total. The number of para-hydroxylation sites is 2. The van der Waals surface area contributed by atoms with Crippen molar-refractivity contribution in [3.8, 4) is 11.5 Å². The number of piperidine rings is 2. The Morgan fingerprint density at radius 3 is 0.594 bits per heavy atom. The van der Waals surface area contributed by atoms with Gasteiger partial charge in [0.25, 0.3) is 0 Å². The smallest absolute Gasteiger partial charge is 0.231 e. The van der Waals surface area contributed by atoms with Crippen molar-refractivity contribution in [3.05, 3.63) is 71.5 Å². The van der Waals surface area contributed by atoms with Crippen LogP contribution in [-0.4, -0.2) is 85.7 Å². The van der Waals surface area contributed by atoms with E-state index in [4.69, 9.17) is 23.7 Å². The summed E-state index contributed by atoms with van der Waals surface area (Å²) in [5, 5.41) is 13.8. The van der Waals surface area contributed by atoms with Gasteiger partial charge in [0.2, 0.25) is 6.79 Å². The number of thiophene rings is 1. The summed E-state index contributed by atoms with van der Waals surface area (Å²) in [5.41, 5.74) is 0. The molecule has 3 N–H and O–H groups in total. The van der Waals surface area contributed by atoms with Crippen LogP contribution in [0.2, 0.25) is 0 Å². The zero-order valence-corrected chi connectivity index (χ0v) is 75.0. The zero-order valence-electron chi connectivity index (χ0n) is 74.2. The summed E-state index contributed by atoms with van der Waals surface area (Å²) >= 11 is 1.71. The van der Waals surface area contributed by atoms with Crippen LogP contribution in [0.5, 0.6) is 11.5 Å². The number of morpholine rings is 1. The second kappa shape index (κ2) is 144. The maximum atomic E-state index is 5.08. The van der Waals surface area contributed by atoms with E-state index in [1.807, 2.05) is 158 Å². The molecule has 0 unspecified atom stereocenters. The van der Waals surface area contributed by atoms with E-state index in [2.05, 4.69) is 206 Å². The molecule has 0 saturated carbocycles. The molecule has 2 aromatic rings. The summed E-state index contributed by atoms with van der Waals surface area (Å²) in [7, 11) is 0. The normalized spacial score (nSPS) is 13.4. The van der Waals surface area contributed by atoms with Gasteiger partial charge in [-0.1, -0.05) is 338 Å². The molecule has 5 fully saturated rings. The molecule has 0 radical (unpaired) electrons. The number of hydrogen-bond acceptors (Lipinski definition) is 9. The van der Waals surface area contributed by atoms with Crippen molar-refractivity contribution in [2.75, 3.05) is 85.7 Å². The van der Waals surface area contributed by atoms with E-state index < -0.39 is 0 Å². The van der Waals surface area contributed by atoms with Gasteiger partial charge in [-0.05, 0) is 161 Å². The van der Waals surface area contributed by atoms with Crippen LogP contribution in [0.15, 0.2) is 71.5 Å². The highest BCUT2D eigenvalue weighted by Crippen LogP contribution is 2.30. The molecular weight excluding hydrogens is 1200 g/mol. The molecule has 5 saturated heterocycles. The third-order valence-electron chi connectivity index (χ3n) is 7.52. The van der Waals surface area contributed by atoms with Gasteiger partial charge in [0.05, 0.1) is 13.2 Å². The molecule has 1 aromatic carbocycles. The second-order valence-electron chi connectivity index (χ2n) is 25.6. The number of rotatable bonds is 0. The third kappa shape index (κ3) is 262. The van der Waals surface area contributed by atoms with Crippen molar-refractivity contribution >= 4 is 11.3 Å². The first-order chi connectivity index (χ1) is 45.8. The molecule has 0 amide bonds. The zero-order chi connectivity index (χ0) is 78.3. The fourth-order valence-corrected chi connectivity index (χ4v) is 5.24. The predicted molar refractivity (Wildman–Crippen MR) is 457 cm³/mol. The molecule has 0 bridgehead atoms. The average molecular weight is 1390 g/mol. The minimum atomic E-state index is 0.360. The molecule has 0 spiro atoms. The molecule has 9 rings (SSSR count). The molecule has 6 aliphatic heterocycles. The van der Waals surface area contributed by atoms with Gasteiger partial charge in [0, 0.05) is 39.5 Å². The van der Waals surface area contributed by atoms with E-state index >= 15 is 0 Å². The number of fused-ring (bicyclic) bond motifs is 1. The molecular formula is C87H193N3O5S. The summed E-state index contributed by atoms with van der Waals surface area (Å²) in [6.45, 7) is 97.2. The monoisotopic (exact) mass is 1390 g/mol. The second-order valence-corrected chi connectivity index (χ2v) is 26.4. The summed E-state index contributed by atoms with van der Waals surface area (Å²) in [6, 6.07) is 11.7. The maximum Gasteiger partial charge on any atom is 0.231 e. The molecule has 7 aliphatic rings. The Bertz CT molecular complexity index is 1080. The molecule has 7 heterocycles. The molecule has 96 heavy (non-hydrogen) atoms. The topological polar surface area (TPSA) is 82.2 Å². The maximum absolute atomic E-state index is 5.08. The van der Waals surface area contributed by atoms with Crippen LogP contribution < -0.4 is 25.4 Å². The first-order valence-electron chi connectivity index (χ1n) is 40.3. The van der Waals surface area contributed by atoms with Crippen LogP contribution in [0.1, 0.15) is 354 Å². The van der Waals surface area contributed by atoms with Crippen LogP contribution in [0.4, 0.5) is 0 Å². The van der Waals surface area contributed by atoms with Crippen LogP contribution >= 0.6 is 11.3 Å². The number of hydrogen-bond donors (Lipinski definition) is 3. The highest BCUT2D eigenvalue weighted by Gasteiger charge is 2.09. The van der Waals surface area contributed by atoms with Crippen molar-refractivity contribution in [2.24, 2.45) is 47.3 Å². The third-order valence-corrected chi connectivity index (χ3v) is 8.15. The minimum absolute atomic E-state index is 0.360. The summed E-state index contributed by atoms with van der Waals surface area (Å²) in [6.07, 6.45) is 24.4. The molecule has 9 heteroatoms. The Kier molecular flexibility index (Phi) is 194. The lowest BCUT2D eigenvalue weighted by molar-refractivity contribution is 0.0968. The number of allylic oxidation sites excluding steroid dienone is 4. The fourth-order valence-electron chi connectivity index (χ4n) is 4.78. The van der Waals surface area contributed by atoms with Crippen molar-refractivity contribution < 1.29 is 23.7 Å². The Morgan fingerprint density at radius 1 is 0.271 bits per heavy atom. The predicted octanol–water partition coefficient (Wildman–Crippen LogP) is 29.3. The van der Waals surface area contributed by atoms with Gasteiger partial charge in [-0.3, -0.25) is 0 Å². The Hall–Kier alpha value is -2.24. The quantitative estimate of drug-likeness (QED) is 0.241. The summed E-state index contributed by atoms with van der Waals surface area (Å²) in [5.74, 6) is 8.36. The van der Waals surface area contributed by atoms with Gasteiger partial charge in [0.1, 0.15) is 0 Å². The van der Waals surface area contributed by atoms with E-state index in [0.717, 1.165) is 118 Å². The lowest BCUT2D eigenvalue weighted by Crippen LogP contribution is -2.30. The van der Waals surface area contributed by atoms with Gasteiger partial charge in [0.15, 0.2) is 11.5 Å². The van der Waals surface area contributed by atoms with Gasteiger partial charge in [-0.15, -0.1) is 0 Å². The number of benzene rings is 1. The van der Waals surface area contributed by atoms with Gasteiger partial charge in [-0.25, -0.2) is 0 Å². The fraction of sp³-hybridized carbons (Fsp3) is 0.839. The van der Waals surface area contributed by atoms with E-state index in [1.54, 1.807) is 11.3 Å².